The van der Waals surface area contributed by atoms with E-state index < -0.39 is 0 Å². The third-order valence-corrected chi connectivity index (χ3v) is 4.63. The van der Waals surface area contributed by atoms with Crippen molar-refractivity contribution in [2.75, 3.05) is 5.32 Å². The van der Waals surface area contributed by atoms with Crippen molar-refractivity contribution in [3.8, 4) is 0 Å². The number of nitrogens with one attached hydrogen (secondary N) is 3. The van der Waals surface area contributed by atoms with Gasteiger partial charge in [-0.3, -0.25) is 14.4 Å². The van der Waals surface area contributed by atoms with E-state index in [1.165, 1.54) is 0 Å². The molecule has 0 aliphatic carbocycles. The molecule has 3 N–H and O–H groups in total. The Hall–Kier alpha value is -3.19. The Labute approximate surface area is 178 Å². The first-order valence-corrected chi connectivity index (χ1v) is 10.1. The number of benzene rings is 2. The summed E-state index contributed by atoms with van der Waals surface area (Å²) in [5, 5.41) is 6.51. The summed E-state index contributed by atoms with van der Waals surface area (Å²) in [5.41, 5.74) is 1.14. The van der Waals surface area contributed by atoms with E-state index in [0.717, 1.165) is 0 Å². The van der Waals surface area contributed by atoms with E-state index in [0.29, 0.717) is 45.8 Å². The Morgan fingerprint density at radius 1 is 1.17 bits per heavy atom. The summed E-state index contributed by atoms with van der Waals surface area (Å²) >= 11 is 6.03. The number of carbonyl (C=O) groups is 2. The van der Waals surface area contributed by atoms with Gasteiger partial charge in [0.05, 0.1) is 22.2 Å². The van der Waals surface area contributed by atoms with Gasteiger partial charge >= 0.3 is 0 Å². The molecule has 8 heteroatoms. The van der Waals surface area contributed by atoms with Crippen molar-refractivity contribution in [3.05, 3.63) is 69.2 Å². The zero-order chi connectivity index (χ0) is 21.7. The van der Waals surface area contributed by atoms with Crippen molar-refractivity contribution in [1.82, 2.24) is 15.3 Å². The summed E-state index contributed by atoms with van der Waals surface area (Å²) in [6.07, 6.45) is 1.14. The fourth-order valence-electron chi connectivity index (χ4n) is 3.04. The number of H-pyrrole nitrogens is 1. The van der Waals surface area contributed by atoms with Gasteiger partial charge in [-0.05, 0) is 50.6 Å². The highest BCUT2D eigenvalue weighted by Crippen LogP contribution is 2.22. The second-order valence-electron chi connectivity index (χ2n) is 7.25. The number of hydrogen-bond donors (Lipinski definition) is 3. The molecule has 0 fully saturated rings. The average molecular weight is 427 g/mol. The van der Waals surface area contributed by atoms with Crippen molar-refractivity contribution in [2.24, 2.45) is 0 Å². The number of aromatic nitrogens is 2. The van der Waals surface area contributed by atoms with Crippen LogP contribution < -0.4 is 16.2 Å². The van der Waals surface area contributed by atoms with E-state index in [2.05, 4.69) is 20.6 Å². The molecule has 0 aliphatic heterocycles. The lowest BCUT2D eigenvalue weighted by Crippen LogP contribution is -2.31. The quantitative estimate of drug-likeness (QED) is 0.536. The first-order chi connectivity index (χ1) is 14.3. The summed E-state index contributed by atoms with van der Waals surface area (Å²) in [4.78, 5) is 44.1. The lowest BCUT2D eigenvalue weighted by molar-refractivity contribution is -0.116. The van der Waals surface area contributed by atoms with Gasteiger partial charge in [-0.25, -0.2) is 4.98 Å². The molecular weight excluding hydrogens is 404 g/mol. The van der Waals surface area contributed by atoms with Gasteiger partial charge in [0.25, 0.3) is 11.5 Å². The third-order valence-electron chi connectivity index (χ3n) is 4.40. The first kappa shape index (κ1) is 21.5. The summed E-state index contributed by atoms with van der Waals surface area (Å²) in [6.45, 7) is 3.72. The lowest BCUT2D eigenvalue weighted by Gasteiger charge is -2.13. The standard InChI is InChI=1S/C22H23ClN4O3/c1-13(2)24-21(29)16-11-10-14(23)12-18(16)26-20(28)9-5-8-19-25-17-7-4-3-6-15(17)22(30)27-19/h3-4,6-7,10-13H,5,8-9H2,1-2H3,(H,24,29)(H,26,28)(H,25,27,30). The summed E-state index contributed by atoms with van der Waals surface area (Å²) in [7, 11) is 0. The lowest BCUT2D eigenvalue weighted by atomic mass is 10.1. The number of halogens is 1. The van der Waals surface area contributed by atoms with Crippen molar-refractivity contribution >= 4 is 40.0 Å². The molecule has 2 aromatic carbocycles. The zero-order valence-electron chi connectivity index (χ0n) is 16.8. The van der Waals surface area contributed by atoms with Gasteiger partial charge in [0.1, 0.15) is 5.82 Å². The van der Waals surface area contributed by atoms with Crippen molar-refractivity contribution in [3.63, 3.8) is 0 Å². The van der Waals surface area contributed by atoms with Crippen molar-refractivity contribution < 1.29 is 9.59 Å². The molecular formula is C22H23ClN4O3. The van der Waals surface area contributed by atoms with E-state index in [4.69, 9.17) is 11.6 Å². The minimum Gasteiger partial charge on any atom is -0.350 e. The van der Waals surface area contributed by atoms with Gasteiger partial charge in [-0.2, -0.15) is 0 Å². The zero-order valence-corrected chi connectivity index (χ0v) is 17.5. The largest absolute Gasteiger partial charge is 0.350 e. The summed E-state index contributed by atoms with van der Waals surface area (Å²) in [5.74, 6) is 0.000149. The molecule has 0 spiro atoms. The number of nitrogens with zero attached hydrogens (tertiary/aromatic N) is 1. The van der Waals surface area contributed by atoms with E-state index in [1.54, 1.807) is 36.4 Å². The van der Waals surface area contributed by atoms with Gasteiger partial charge in [-0.15, -0.1) is 0 Å². The second kappa shape index (κ2) is 9.54. The molecule has 7 nitrogen and oxygen atoms in total. The molecule has 1 aromatic heterocycles. The molecule has 0 saturated heterocycles. The van der Waals surface area contributed by atoms with Gasteiger partial charge in [0.15, 0.2) is 0 Å². The first-order valence-electron chi connectivity index (χ1n) is 9.71. The number of fused-ring (bicyclic) bond motifs is 1. The average Bonchev–Trinajstić information content (AvgIpc) is 2.67. The van der Waals surface area contributed by atoms with Crippen molar-refractivity contribution in [1.29, 1.82) is 0 Å². The molecule has 3 aromatic rings. The Morgan fingerprint density at radius 2 is 1.93 bits per heavy atom. The van der Waals surface area contributed by atoms with Crippen LogP contribution in [0.2, 0.25) is 5.02 Å². The predicted octanol–water partition coefficient (Wildman–Crippen LogP) is 3.68. The maximum absolute atomic E-state index is 12.4. The van der Waals surface area contributed by atoms with Gasteiger partial charge in [-0.1, -0.05) is 23.7 Å². The van der Waals surface area contributed by atoms with E-state index in [9.17, 15) is 14.4 Å². The van der Waals surface area contributed by atoms with E-state index in [-0.39, 0.29) is 29.8 Å². The molecule has 30 heavy (non-hydrogen) atoms. The Kier molecular flexibility index (Phi) is 6.84. The molecule has 1 heterocycles. The minimum absolute atomic E-state index is 0.0339. The van der Waals surface area contributed by atoms with Crippen molar-refractivity contribution in [2.45, 2.75) is 39.2 Å². The molecule has 0 bridgehead atoms. The monoisotopic (exact) mass is 426 g/mol. The molecule has 0 radical (unpaired) electrons. The highest BCUT2D eigenvalue weighted by Gasteiger charge is 2.15. The molecule has 0 atom stereocenters. The maximum atomic E-state index is 12.4. The van der Waals surface area contributed by atoms with Crippen LogP contribution in [0.15, 0.2) is 47.3 Å². The van der Waals surface area contributed by atoms with Crippen LogP contribution >= 0.6 is 11.6 Å². The number of anilines is 1. The normalized spacial score (nSPS) is 10.9. The van der Waals surface area contributed by atoms with Crippen LogP contribution in [0, 0.1) is 0 Å². The number of aromatic amines is 1. The molecule has 2 amide bonds. The maximum Gasteiger partial charge on any atom is 0.258 e. The minimum atomic E-state index is -0.282. The Bertz CT molecular complexity index is 1140. The highest BCUT2D eigenvalue weighted by atomic mass is 35.5. The Morgan fingerprint density at radius 3 is 2.70 bits per heavy atom. The number of carbonyl (C=O) groups excluding carboxylic acids is 2. The number of aryl methyl sites for hydroxylation is 1. The third kappa shape index (κ3) is 5.45. The van der Waals surface area contributed by atoms with Gasteiger partial charge < -0.3 is 15.6 Å². The van der Waals surface area contributed by atoms with Crippen LogP contribution in [0.1, 0.15) is 42.9 Å². The van der Waals surface area contributed by atoms with Gasteiger partial charge in [0, 0.05) is 23.9 Å². The van der Waals surface area contributed by atoms with Crippen LogP contribution in [0.25, 0.3) is 10.9 Å². The molecule has 156 valence electrons. The SMILES string of the molecule is CC(C)NC(=O)c1ccc(Cl)cc1NC(=O)CCCc1nc2ccccc2c(=O)[nH]1. The second-order valence-corrected chi connectivity index (χ2v) is 7.69. The summed E-state index contributed by atoms with van der Waals surface area (Å²) in [6, 6.07) is 11.8. The van der Waals surface area contributed by atoms with Crippen LogP contribution in [0.3, 0.4) is 0 Å². The highest BCUT2D eigenvalue weighted by molar-refractivity contribution is 6.31. The number of rotatable bonds is 7. The van der Waals surface area contributed by atoms with Crippen LogP contribution in [-0.2, 0) is 11.2 Å². The molecule has 0 saturated carbocycles. The summed E-state index contributed by atoms with van der Waals surface area (Å²) < 4.78 is 0. The predicted molar refractivity (Wildman–Crippen MR) is 118 cm³/mol. The van der Waals surface area contributed by atoms with Crippen LogP contribution in [-0.4, -0.2) is 27.8 Å². The Balaban J connectivity index is 1.63. The smallest absolute Gasteiger partial charge is 0.258 e. The molecule has 3 rings (SSSR count). The molecule has 0 unspecified atom stereocenters. The topological polar surface area (TPSA) is 104 Å². The van der Waals surface area contributed by atoms with E-state index >= 15 is 0 Å². The van der Waals surface area contributed by atoms with Gasteiger partial charge in [0.2, 0.25) is 5.91 Å². The number of hydrogen-bond acceptors (Lipinski definition) is 4. The molecule has 0 aliphatic rings. The number of para-hydroxylation sites is 1. The van der Waals surface area contributed by atoms with E-state index in [1.807, 2.05) is 19.9 Å². The fraction of sp³-hybridized carbons (Fsp3) is 0.273. The fourth-order valence-corrected chi connectivity index (χ4v) is 3.21. The van der Waals surface area contributed by atoms with Crippen LogP contribution in [0.5, 0.6) is 0 Å². The number of amides is 2. The van der Waals surface area contributed by atoms with Crippen LogP contribution in [0.4, 0.5) is 5.69 Å².